The van der Waals surface area contributed by atoms with E-state index in [1.54, 1.807) is 25.6 Å². The molecule has 7 nitrogen and oxygen atoms in total. The van der Waals surface area contributed by atoms with E-state index in [2.05, 4.69) is 62.6 Å². The predicted octanol–water partition coefficient (Wildman–Crippen LogP) is 3.61. The first-order chi connectivity index (χ1) is 14.2. The van der Waals surface area contributed by atoms with Gasteiger partial charge in [-0.2, -0.15) is 4.98 Å². The molecular formula is C22H26N6O. The van der Waals surface area contributed by atoms with E-state index in [9.17, 15) is 0 Å². The third kappa shape index (κ3) is 6.06. The summed E-state index contributed by atoms with van der Waals surface area (Å²) >= 11 is 0. The van der Waals surface area contributed by atoms with Crippen LogP contribution in [0.4, 0.5) is 17.5 Å². The molecule has 1 atom stereocenters. The molecule has 0 saturated carbocycles. The Labute approximate surface area is 171 Å². The van der Waals surface area contributed by atoms with Crippen LogP contribution in [-0.4, -0.2) is 28.6 Å². The molecule has 150 valence electrons. The van der Waals surface area contributed by atoms with E-state index in [-0.39, 0.29) is 0 Å². The van der Waals surface area contributed by atoms with E-state index in [0.717, 1.165) is 30.6 Å². The average Bonchev–Trinajstić information content (AvgIpc) is 2.75. The second-order valence-corrected chi connectivity index (χ2v) is 6.72. The summed E-state index contributed by atoms with van der Waals surface area (Å²) in [6.45, 7) is 2.81. The van der Waals surface area contributed by atoms with Gasteiger partial charge in [0.05, 0.1) is 30.8 Å². The molecule has 2 heterocycles. The number of anilines is 3. The van der Waals surface area contributed by atoms with Gasteiger partial charge in [0.1, 0.15) is 0 Å². The molecule has 0 aromatic carbocycles. The first-order valence-electron chi connectivity index (χ1n) is 9.66. The highest BCUT2D eigenvalue weighted by Crippen LogP contribution is 2.22. The Morgan fingerprint density at radius 3 is 2.83 bits per heavy atom. The van der Waals surface area contributed by atoms with Gasteiger partial charge in [-0.15, -0.1) is 0 Å². The third-order valence-corrected chi connectivity index (χ3v) is 4.30. The molecule has 0 amide bonds. The van der Waals surface area contributed by atoms with Crippen LogP contribution in [-0.2, 0) is 0 Å². The van der Waals surface area contributed by atoms with E-state index in [4.69, 9.17) is 10.5 Å². The molecule has 1 aliphatic rings. The first-order valence-corrected chi connectivity index (χ1v) is 9.66. The van der Waals surface area contributed by atoms with Crippen LogP contribution in [0.1, 0.15) is 31.7 Å². The second kappa shape index (κ2) is 10.2. The van der Waals surface area contributed by atoms with Crippen LogP contribution >= 0.6 is 0 Å². The number of hydrogen-bond acceptors (Lipinski definition) is 7. The third-order valence-electron chi connectivity index (χ3n) is 4.30. The van der Waals surface area contributed by atoms with Crippen LogP contribution < -0.4 is 21.1 Å². The van der Waals surface area contributed by atoms with E-state index < -0.39 is 0 Å². The van der Waals surface area contributed by atoms with Gasteiger partial charge in [0.25, 0.3) is 0 Å². The zero-order valence-corrected chi connectivity index (χ0v) is 16.8. The second-order valence-electron chi connectivity index (χ2n) is 6.72. The molecule has 0 saturated heterocycles. The lowest BCUT2D eigenvalue weighted by Crippen LogP contribution is -2.08. The highest BCUT2D eigenvalue weighted by atomic mass is 16.5. The van der Waals surface area contributed by atoms with Crippen LogP contribution in [0.5, 0.6) is 5.88 Å². The molecule has 2 aromatic rings. The van der Waals surface area contributed by atoms with Crippen molar-refractivity contribution in [1.29, 1.82) is 0 Å². The van der Waals surface area contributed by atoms with Crippen LogP contribution in [0, 0.1) is 17.8 Å². The number of rotatable bonds is 7. The van der Waals surface area contributed by atoms with Crippen LogP contribution in [0.15, 0.2) is 48.5 Å². The van der Waals surface area contributed by atoms with Crippen LogP contribution in [0.2, 0.25) is 0 Å². The fourth-order valence-electron chi connectivity index (χ4n) is 2.64. The van der Waals surface area contributed by atoms with Crippen molar-refractivity contribution in [3.8, 4) is 17.7 Å². The van der Waals surface area contributed by atoms with Crippen molar-refractivity contribution in [2.75, 3.05) is 24.3 Å². The monoisotopic (exact) mass is 390 g/mol. The maximum Gasteiger partial charge on any atom is 0.229 e. The molecule has 0 aliphatic heterocycles. The number of ether oxygens (including phenoxy) is 1. The predicted molar refractivity (Wildman–Crippen MR) is 116 cm³/mol. The standard InChI is InChI=1S/C22H26N6O/c1-16-7-9-18(10-8-16)27-22-25-14-17(6-4-3-5-13-23)21(28-22)26-19-11-12-20(29-2)24-15-19/h7,9-12,14-16H,3,5,8,13,23H2,1-2H3,(H2,25,26,27,28). The Morgan fingerprint density at radius 1 is 1.24 bits per heavy atom. The fraction of sp³-hybridized carbons (Fsp3) is 0.318. The highest BCUT2D eigenvalue weighted by molar-refractivity contribution is 5.64. The average molecular weight is 390 g/mol. The number of unbranched alkanes of at least 4 members (excludes halogenated alkanes) is 1. The molecule has 7 heteroatoms. The largest absolute Gasteiger partial charge is 0.481 e. The van der Waals surface area contributed by atoms with Crippen molar-refractivity contribution < 1.29 is 4.74 Å². The first kappa shape index (κ1) is 20.4. The van der Waals surface area contributed by atoms with Crippen molar-refractivity contribution in [2.24, 2.45) is 11.7 Å². The SMILES string of the molecule is COc1ccc(Nc2nc(NC3=CCC(C)C=C3)ncc2C#CCCCN)cn1. The summed E-state index contributed by atoms with van der Waals surface area (Å²) in [5.41, 5.74) is 8.02. The van der Waals surface area contributed by atoms with Gasteiger partial charge >= 0.3 is 0 Å². The van der Waals surface area contributed by atoms with Gasteiger partial charge in [-0.3, -0.25) is 0 Å². The number of nitrogens with one attached hydrogen (secondary N) is 2. The molecule has 2 aromatic heterocycles. The highest BCUT2D eigenvalue weighted by Gasteiger charge is 2.09. The summed E-state index contributed by atoms with van der Waals surface area (Å²) in [5, 5.41) is 6.54. The molecule has 0 bridgehead atoms. The molecule has 29 heavy (non-hydrogen) atoms. The number of aromatic nitrogens is 3. The summed E-state index contributed by atoms with van der Waals surface area (Å²) in [6.07, 6.45) is 12.4. The zero-order valence-electron chi connectivity index (χ0n) is 16.8. The fourth-order valence-corrected chi connectivity index (χ4v) is 2.64. The van der Waals surface area contributed by atoms with Gasteiger partial charge in [0.15, 0.2) is 5.82 Å². The quantitative estimate of drug-likeness (QED) is 0.491. The Bertz CT molecular complexity index is 940. The maximum atomic E-state index is 5.54. The summed E-state index contributed by atoms with van der Waals surface area (Å²) in [6, 6.07) is 3.66. The Morgan fingerprint density at radius 2 is 2.14 bits per heavy atom. The molecule has 1 unspecified atom stereocenters. The van der Waals surface area contributed by atoms with Gasteiger partial charge in [0, 0.05) is 18.2 Å². The van der Waals surface area contributed by atoms with Crippen LogP contribution in [0.25, 0.3) is 0 Å². The van der Waals surface area contributed by atoms with E-state index in [1.807, 2.05) is 6.07 Å². The lowest BCUT2D eigenvalue weighted by atomic mass is 10.0. The minimum absolute atomic E-state index is 0.506. The van der Waals surface area contributed by atoms with E-state index >= 15 is 0 Å². The van der Waals surface area contributed by atoms with Crippen molar-refractivity contribution in [3.05, 3.63) is 54.0 Å². The molecular weight excluding hydrogens is 364 g/mol. The number of allylic oxidation sites excluding steroid dienone is 3. The van der Waals surface area contributed by atoms with Crippen molar-refractivity contribution in [2.45, 2.75) is 26.2 Å². The van der Waals surface area contributed by atoms with E-state index in [0.29, 0.717) is 35.7 Å². The van der Waals surface area contributed by atoms with Crippen LogP contribution in [0.3, 0.4) is 0 Å². The summed E-state index contributed by atoms with van der Waals surface area (Å²) in [5.74, 6) is 8.48. The zero-order chi connectivity index (χ0) is 20.5. The normalized spacial score (nSPS) is 15.1. The summed E-state index contributed by atoms with van der Waals surface area (Å²) in [4.78, 5) is 13.3. The summed E-state index contributed by atoms with van der Waals surface area (Å²) in [7, 11) is 1.59. The lowest BCUT2D eigenvalue weighted by Gasteiger charge is -2.14. The Kier molecular flexibility index (Phi) is 7.20. The van der Waals surface area contributed by atoms with Gasteiger partial charge in [-0.05, 0) is 37.4 Å². The van der Waals surface area contributed by atoms with Crippen molar-refractivity contribution in [3.63, 3.8) is 0 Å². The van der Waals surface area contributed by atoms with Crippen molar-refractivity contribution in [1.82, 2.24) is 15.0 Å². The molecule has 4 N–H and O–H groups in total. The number of pyridine rings is 1. The minimum Gasteiger partial charge on any atom is -0.481 e. The van der Waals surface area contributed by atoms with E-state index in [1.165, 1.54) is 0 Å². The summed E-state index contributed by atoms with van der Waals surface area (Å²) < 4.78 is 5.11. The molecule has 0 spiro atoms. The maximum absolute atomic E-state index is 5.54. The topological polar surface area (TPSA) is 98.0 Å². The minimum atomic E-state index is 0.506. The molecule has 0 fully saturated rings. The van der Waals surface area contributed by atoms with Gasteiger partial charge < -0.3 is 21.1 Å². The molecule has 3 rings (SSSR count). The molecule has 0 radical (unpaired) electrons. The number of hydrogen-bond donors (Lipinski definition) is 3. The van der Waals surface area contributed by atoms with Crippen molar-refractivity contribution >= 4 is 17.5 Å². The number of methoxy groups -OCH3 is 1. The van der Waals surface area contributed by atoms with Gasteiger partial charge in [-0.1, -0.05) is 30.9 Å². The molecule has 1 aliphatic carbocycles. The van der Waals surface area contributed by atoms with Gasteiger partial charge in [0.2, 0.25) is 11.8 Å². The van der Waals surface area contributed by atoms with Gasteiger partial charge in [-0.25, -0.2) is 9.97 Å². The Balaban J connectivity index is 1.83. The number of nitrogens with two attached hydrogens (primary N) is 1. The Hall–Kier alpha value is -3.37. The smallest absolute Gasteiger partial charge is 0.229 e. The number of nitrogens with zero attached hydrogens (tertiary/aromatic N) is 3. The lowest BCUT2D eigenvalue weighted by molar-refractivity contribution is 0.398.